The maximum absolute atomic E-state index is 12.0. The number of ether oxygens (including phenoxy) is 1. The van der Waals surface area contributed by atoms with Gasteiger partial charge in [0.1, 0.15) is 5.60 Å². The van der Waals surface area contributed by atoms with Gasteiger partial charge in [0.05, 0.1) is 12.0 Å². The number of nitriles is 1. The Morgan fingerprint density at radius 3 is 2.87 bits per heavy atom. The molecular weight excluding hydrogens is 192 g/mol. The molecule has 1 fully saturated rings. The molecule has 1 aliphatic heterocycles. The van der Waals surface area contributed by atoms with Crippen molar-refractivity contribution in [3.63, 3.8) is 0 Å². The van der Waals surface area contributed by atoms with Gasteiger partial charge in [-0.15, -0.1) is 0 Å². The van der Waals surface area contributed by atoms with Crippen LogP contribution in [-0.4, -0.2) is 36.6 Å². The van der Waals surface area contributed by atoms with E-state index < -0.39 is 5.60 Å². The van der Waals surface area contributed by atoms with E-state index in [1.807, 2.05) is 13.8 Å². The molecule has 4 nitrogen and oxygen atoms in total. The van der Waals surface area contributed by atoms with Gasteiger partial charge in [-0.3, -0.25) is 4.79 Å². The standard InChI is InChI=1S/C11H18N2O2/c1-9(7-12)8-13(3)10(14)11(2)5-4-6-15-11/h9H,4-6,8H2,1-3H3. The highest BCUT2D eigenvalue weighted by atomic mass is 16.5. The summed E-state index contributed by atoms with van der Waals surface area (Å²) >= 11 is 0. The number of hydrogen-bond donors (Lipinski definition) is 0. The SMILES string of the molecule is CC(C#N)CN(C)C(=O)C1(C)CCCO1. The lowest BCUT2D eigenvalue weighted by molar-refractivity contribution is -0.149. The van der Waals surface area contributed by atoms with Crippen molar-refractivity contribution in [2.24, 2.45) is 5.92 Å². The fraction of sp³-hybridized carbons (Fsp3) is 0.818. The van der Waals surface area contributed by atoms with Crippen molar-refractivity contribution in [2.45, 2.75) is 32.3 Å². The lowest BCUT2D eigenvalue weighted by Crippen LogP contribution is -2.46. The summed E-state index contributed by atoms with van der Waals surface area (Å²) in [4.78, 5) is 13.6. The van der Waals surface area contributed by atoms with E-state index in [1.54, 1.807) is 11.9 Å². The van der Waals surface area contributed by atoms with Crippen molar-refractivity contribution in [1.82, 2.24) is 4.90 Å². The molecule has 0 saturated carbocycles. The van der Waals surface area contributed by atoms with Gasteiger partial charge in [-0.05, 0) is 26.7 Å². The van der Waals surface area contributed by atoms with Gasteiger partial charge in [0.15, 0.2) is 0 Å². The predicted molar refractivity (Wildman–Crippen MR) is 56.0 cm³/mol. The summed E-state index contributed by atoms with van der Waals surface area (Å²) in [5, 5.41) is 8.68. The maximum atomic E-state index is 12.0. The minimum Gasteiger partial charge on any atom is -0.365 e. The van der Waals surface area contributed by atoms with Crippen LogP contribution in [0.5, 0.6) is 0 Å². The Morgan fingerprint density at radius 1 is 1.73 bits per heavy atom. The molecule has 0 bridgehead atoms. The van der Waals surface area contributed by atoms with Crippen molar-refractivity contribution < 1.29 is 9.53 Å². The Labute approximate surface area is 90.8 Å². The second kappa shape index (κ2) is 4.63. The maximum Gasteiger partial charge on any atom is 0.254 e. The molecule has 0 aliphatic carbocycles. The molecule has 1 heterocycles. The van der Waals surface area contributed by atoms with Crippen LogP contribution in [0.1, 0.15) is 26.7 Å². The fourth-order valence-corrected chi connectivity index (χ4v) is 1.89. The third-order valence-corrected chi connectivity index (χ3v) is 2.79. The van der Waals surface area contributed by atoms with Crippen LogP contribution in [0.25, 0.3) is 0 Å². The first-order chi connectivity index (χ1) is 6.99. The second-order valence-electron chi connectivity index (χ2n) is 4.40. The summed E-state index contributed by atoms with van der Waals surface area (Å²) in [6.45, 7) is 4.76. The second-order valence-corrected chi connectivity index (χ2v) is 4.40. The average molecular weight is 210 g/mol. The van der Waals surface area contributed by atoms with E-state index in [1.165, 1.54) is 0 Å². The lowest BCUT2D eigenvalue weighted by atomic mass is 10.0. The number of amides is 1. The molecule has 4 heteroatoms. The van der Waals surface area contributed by atoms with Crippen LogP contribution in [0.4, 0.5) is 0 Å². The smallest absolute Gasteiger partial charge is 0.254 e. The molecule has 1 rings (SSSR count). The molecular formula is C11H18N2O2. The first kappa shape index (κ1) is 12.0. The topological polar surface area (TPSA) is 53.3 Å². The molecule has 1 amide bonds. The normalized spacial score (nSPS) is 27.1. The summed E-state index contributed by atoms with van der Waals surface area (Å²) in [5.74, 6) is -0.147. The van der Waals surface area contributed by atoms with E-state index in [0.29, 0.717) is 13.2 Å². The summed E-state index contributed by atoms with van der Waals surface area (Å²) in [5.41, 5.74) is -0.663. The summed E-state index contributed by atoms with van der Waals surface area (Å²) in [6.07, 6.45) is 1.71. The first-order valence-electron chi connectivity index (χ1n) is 5.29. The van der Waals surface area contributed by atoms with Gasteiger partial charge in [-0.2, -0.15) is 5.26 Å². The fourth-order valence-electron chi connectivity index (χ4n) is 1.89. The number of likely N-dealkylation sites (N-methyl/N-ethyl adjacent to an activating group) is 1. The minimum absolute atomic E-state index is 0.0119. The van der Waals surface area contributed by atoms with E-state index in [2.05, 4.69) is 6.07 Å². The zero-order valence-electron chi connectivity index (χ0n) is 9.62. The van der Waals surface area contributed by atoms with Crippen molar-refractivity contribution in [1.29, 1.82) is 5.26 Å². The van der Waals surface area contributed by atoms with Crippen LogP contribution >= 0.6 is 0 Å². The van der Waals surface area contributed by atoms with Gasteiger partial charge in [0, 0.05) is 20.2 Å². The lowest BCUT2D eigenvalue weighted by Gasteiger charge is -2.28. The average Bonchev–Trinajstić information content (AvgIpc) is 2.65. The molecule has 2 atom stereocenters. The molecule has 2 unspecified atom stereocenters. The predicted octanol–water partition coefficient (Wildman–Crippen LogP) is 1.17. The summed E-state index contributed by atoms with van der Waals surface area (Å²) in [6, 6.07) is 2.12. The molecule has 84 valence electrons. The number of carbonyl (C=O) groups is 1. The summed E-state index contributed by atoms with van der Waals surface area (Å²) < 4.78 is 5.46. The molecule has 15 heavy (non-hydrogen) atoms. The van der Waals surface area contributed by atoms with E-state index in [0.717, 1.165) is 12.8 Å². The molecule has 1 aliphatic rings. The highest BCUT2D eigenvalue weighted by Gasteiger charge is 2.39. The van der Waals surface area contributed by atoms with E-state index >= 15 is 0 Å². The molecule has 0 spiro atoms. The largest absolute Gasteiger partial charge is 0.365 e. The number of nitrogens with zero attached hydrogens (tertiary/aromatic N) is 2. The van der Waals surface area contributed by atoms with Crippen LogP contribution < -0.4 is 0 Å². The van der Waals surface area contributed by atoms with Crippen molar-refractivity contribution >= 4 is 5.91 Å². The molecule has 1 saturated heterocycles. The van der Waals surface area contributed by atoms with E-state index in [-0.39, 0.29) is 11.8 Å². The van der Waals surface area contributed by atoms with Gasteiger partial charge in [0.25, 0.3) is 5.91 Å². The molecule has 0 radical (unpaired) electrons. The van der Waals surface area contributed by atoms with Gasteiger partial charge < -0.3 is 9.64 Å². The number of rotatable bonds is 3. The Kier molecular flexibility index (Phi) is 3.70. The summed E-state index contributed by atoms with van der Waals surface area (Å²) in [7, 11) is 1.73. The third-order valence-electron chi connectivity index (χ3n) is 2.79. The van der Waals surface area contributed by atoms with Crippen LogP contribution in [0.2, 0.25) is 0 Å². The molecule has 0 aromatic rings. The van der Waals surface area contributed by atoms with Gasteiger partial charge >= 0.3 is 0 Å². The van der Waals surface area contributed by atoms with Crippen LogP contribution in [-0.2, 0) is 9.53 Å². The molecule has 0 N–H and O–H groups in total. The molecule has 0 aromatic heterocycles. The molecule has 0 aromatic carbocycles. The van der Waals surface area contributed by atoms with Crippen molar-refractivity contribution in [3.8, 4) is 6.07 Å². The highest BCUT2D eigenvalue weighted by molar-refractivity contribution is 5.84. The Bertz CT molecular complexity index is 277. The van der Waals surface area contributed by atoms with E-state index in [4.69, 9.17) is 10.00 Å². The van der Waals surface area contributed by atoms with Crippen molar-refractivity contribution in [2.75, 3.05) is 20.2 Å². The zero-order chi connectivity index (χ0) is 11.5. The van der Waals surface area contributed by atoms with Crippen LogP contribution in [0.15, 0.2) is 0 Å². The quantitative estimate of drug-likeness (QED) is 0.702. The number of carbonyl (C=O) groups excluding carboxylic acids is 1. The van der Waals surface area contributed by atoms with Crippen molar-refractivity contribution in [3.05, 3.63) is 0 Å². The van der Waals surface area contributed by atoms with Crippen LogP contribution in [0.3, 0.4) is 0 Å². The third kappa shape index (κ3) is 2.69. The minimum atomic E-state index is -0.663. The number of hydrogen-bond acceptors (Lipinski definition) is 3. The highest BCUT2D eigenvalue weighted by Crippen LogP contribution is 2.26. The zero-order valence-corrected chi connectivity index (χ0v) is 9.62. The Balaban J connectivity index is 2.56. The van der Waals surface area contributed by atoms with Crippen LogP contribution in [0, 0.1) is 17.2 Å². The Morgan fingerprint density at radius 2 is 2.40 bits per heavy atom. The Hall–Kier alpha value is -1.08. The monoisotopic (exact) mass is 210 g/mol. The van der Waals surface area contributed by atoms with Gasteiger partial charge in [0.2, 0.25) is 0 Å². The van der Waals surface area contributed by atoms with Gasteiger partial charge in [-0.25, -0.2) is 0 Å². The van der Waals surface area contributed by atoms with Gasteiger partial charge in [-0.1, -0.05) is 0 Å². The first-order valence-corrected chi connectivity index (χ1v) is 5.29. The van der Waals surface area contributed by atoms with E-state index in [9.17, 15) is 4.79 Å².